The third-order valence-corrected chi connectivity index (χ3v) is 5.30. The van der Waals surface area contributed by atoms with E-state index in [9.17, 15) is 13.6 Å². The van der Waals surface area contributed by atoms with Crippen LogP contribution >= 0.6 is 11.3 Å². The van der Waals surface area contributed by atoms with E-state index < -0.39 is 17.3 Å². The van der Waals surface area contributed by atoms with Crippen LogP contribution in [0.2, 0.25) is 0 Å². The highest BCUT2D eigenvalue weighted by atomic mass is 32.1. The van der Waals surface area contributed by atoms with Crippen LogP contribution in [0.3, 0.4) is 0 Å². The Balaban J connectivity index is 1.98. The van der Waals surface area contributed by atoms with E-state index >= 15 is 0 Å². The van der Waals surface area contributed by atoms with Gasteiger partial charge in [0.05, 0.1) is 0 Å². The first-order valence-electron chi connectivity index (χ1n) is 8.02. The molecule has 0 radical (unpaired) electrons. The average molecular weight is 384 g/mol. The number of aliphatic imine (C=N–C) groups is 1. The fourth-order valence-corrected chi connectivity index (χ4v) is 3.90. The Kier molecular flexibility index (Phi) is 4.00. The number of halogens is 2. The normalized spacial score (nSPS) is 19.4. The zero-order chi connectivity index (χ0) is 19.2. The summed E-state index contributed by atoms with van der Waals surface area (Å²) in [7, 11) is 1.53. The predicted octanol–water partition coefficient (Wildman–Crippen LogP) is 3.12. The van der Waals surface area contributed by atoms with Crippen LogP contribution < -0.4 is 5.73 Å². The molecule has 4 rings (SSSR count). The van der Waals surface area contributed by atoms with Crippen LogP contribution in [0.4, 0.5) is 8.78 Å². The topological polar surface area (TPSA) is 71.6 Å². The van der Waals surface area contributed by atoms with Gasteiger partial charge < -0.3 is 5.73 Å². The summed E-state index contributed by atoms with van der Waals surface area (Å²) >= 11 is 1.41. The molecule has 2 aromatic heterocycles. The smallest absolute Gasteiger partial charge is 0.266 e. The minimum absolute atomic E-state index is 0.00355. The van der Waals surface area contributed by atoms with Gasteiger partial charge in [-0.1, -0.05) is 6.07 Å². The number of nitrogens with two attached hydrogens (primary N) is 1. The van der Waals surface area contributed by atoms with Crippen molar-refractivity contribution < 1.29 is 13.6 Å². The van der Waals surface area contributed by atoms with Crippen LogP contribution in [0.1, 0.15) is 11.1 Å². The molecule has 1 aliphatic rings. The van der Waals surface area contributed by atoms with E-state index in [0.717, 1.165) is 0 Å². The number of carbonyl (C=O) groups is 1. The lowest BCUT2D eigenvalue weighted by molar-refractivity contribution is -0.129. The van der Waals surface area contributed by atoms with Gasteiger partial charge in [-0.2, -0.15) is 15.7 Å². The van der Waals surface area contributed by atoms with Gasteiger partial charge in [-0.25, -0.2) is 14.4 Å². The minimum Gasteiger partial charge on any atom is -0.369 e. The molecule has 0 bridgehead atoms. The highest BCUT2D eigenvalue weighted by Gasteiger charge is 2.50. The molecule has 2 N–H and O–H groups in total. The molecule has 0 saturated heterocycles. The van der Waals surface area contributed by atoms with E-state index in [4.69, 9.17) is 5.73 Å². The van der Waals surface area contributed by atoms with E-state index in [1.807, 2.05) is 5.38 Å². The summed E-state index contributed by atoms with van der Waals surface area (Å²) in [5.74, 6) is -1.72. The number of hydrogen-bond acceptors (Lipinski definition) is 5. The number of carbonyl (C=O) groups excluding carboxylic acids is 1. The summed E-state index contributed by atoms with van der Waals surface area (Å²) in [6.07, 6.45) is 1.29. The highest BCUT2D eigenvalue weighted by molar-refractivity contribution is 7.08. The molecule has 0 aliphatic carbocycles. The summed E-state index contributed by atoms with van der Waals surface area (Å²) < 4.78 is 28.6. The number of hydrogen-bond donors (Lipinski definition) is 1. The van der Waals surface area contributed by atoms with Crippen LogP contribution in [0.25, 0.3) is 11.1 Å². The molecule has 1 atom stereocenters. The molecule has 5 nitrogen and oxygen atoms in total. The van der Waals surface area contributed by atoms with Crippen LogP contribution in [-0.2, 0) is 10.3 Å². The Morgan fingerprint density at radius 1 is 1.15 bits per heavy atom. The Labute approximate surface area is 157 Å². The van der Waals surface area contributed by atoms with Crippen molar-refractivity contribution in [2.75, 3.05) is 7.05 Å². The fourth-order valence-electron chi connectivity index (χ4n) is 3.20. The number of pyridine rings is 1. The fraction of sp³-hybridized carbons (Fsp3) is 0.105. The number of rotatable bonds is 3. The molecule has 0 fully saturated rings. The number of aromatic nitrogens is 1. The maximum atomic E-state index is 14.5. The molecule has 1 unspecified atom stereocenters. The largest absolute Gasteiger partial charge is 0.369 e. The van der Waals surface area contributed by atoms with Crippen LogP contribution in [0.15, 0.2) is 58.3 Å². The van der Waals surface area contributed by atoms with Crippen LogP contribution in [0.5, 0.6) is 0 Å². The summed E-state index contributed by atoms with van der Waals surface area (Å²) in [5, 5.41) is 3.61. The second kappa shape index (κ2) is 6.24. The molecular formula is C19H14F2N4OS. The minimum atomic E-state index is -1.43. The van der Waals surface area contributed by atoms with Gasteiger partial charge >= 0.3 is 0 Å². The summed E-state index contributed by atoms with van der Waals surface area (Å²) in [5.41, 5.74) is 5.51. The SMILES string of the molecule is CN1C(=O)C(c2ccsc2)(c2ccc(F)c(-c3cccnc3F)c2)N=C1N. The average Bonchev–Trinajstić information content (AvgIpc) is 3.27. The van der Waals surface area contributed by atoms with Gasteiger partial charge in [-0.15, -0.1) is 0 Å². The zero-order valence-electron chi connectivity index (χ0n) is 14.2. The quantitative estimate of drug-likeness (QED) is 0.706. The van der Waals surface area contributed by atoms with E-state index in [0.29, 0.717) is 11.1 Å². The van der Waals surface area contributed by atoms with Gasteiger partial charge in [0.25, 0.3) is 5.91 Å². The number of nitrogens with zero attached hydrogens (tertiary/aromatic N) is 3. The Morgan fingerprint density at radius 2 is 1.96 bits per heavy atom. The predicted molar refractivity (Wildman–Crippen MR) is 99.1 cm³/mol. The summed E-state index contributed by atoms with van der Waals surface area (Å²) in [6.45, 7) is 0. The molecule has 27 heavy (non-hydrogen) atoms. The number of guanidine groups is 1. The first kappa shape index (κ1) is 17.3. The molecule has 1 amide bonds. The third-order valence-electron chi connectivity index (χ3n) is 4.61. The summed E-state index contributed by atoms with van der Waals surface area (Å²) in [6, 6.07) is 8.82. The molecule has 0 spiro atoms. The van der Waals surface area contributed by atoms with E-state index in [1.165, 1.54) is 59.8 Å². The number of amides is 1. The summed E-state index contributed by atoms with van der Waals surface area (Å²) in [4.78, 5) is 22.4. The van der Waals surface area contributed by atoms with Crippen molar-refractivity contribution in [3.63, 3.8) is 0 Å². The van der Waals surface area contributed by atoms with Crippen molar-refractivity contribution in [3.05, 3.63) is 76.2 Å². The molecule has 1 aromatic carbocycles. The maximum Gasteiger partial charge on any atom is 0.266 e. The number of likely N-dealkylation sites (N-methyl/N-ethyl adjacent to an activating group) is 1. The molecule has 0 saturated carbocycles. The molecule has 1 aliphatic heterocycles. The molecule has 136 valence electrons. The zero-order valence-corrected chi connectivity index (χ0v) is 15.0. The van der Waals surface area contributed by atoms with Gasteiger partial charge in [-0.3, -0.25) is 9.69 Å². The Morgan fingerprint density at radius 3 is 2.59 bits per heavy atom. The van der Waals surface area contributed by atoms with Gasteiger partial charge in [-0.05, 0) is 46.7 Å². The third kappa shape index (κ3) is 2.52. The Hall–Kier alpha value is -3.13. The van der Waals surface area contributed by atoms with Crippen molar-refractivity contribution in [1.82, 2.24) is 9.88 Å². The van der Waals surface area contributed by atoms with Gasteiger partial charge in [0.1, 0.15) is 5.82 Å². The van der Waals surface area contributed by atoms with Gasteiger partial charge in [0, 0.05) is 29.9 Å². The van der Waals surface area contributed by atoms with Gasteiger partial charge in [0.15, 0.2) is 11.5 Å². The molecular weight excluding hydrogens is 370 g/mol. The van der Waals surface area contributed by atoms with Crippen molar-refractivity contribution >= 4 is 23.2 Å². The van der Waals surface area contributed by atoms with Crippen molar-refractivity contribution in [2.45, 2.75) is 5.54 Å². The lowest BCUT2D eigenvalue weighted by Crippen LogP contribution is -2.41. The van der Waals surface area contributed by atoms with Crippen LogP contribution in [-0.4, -0.2) is 28.8 Å². The highest BCUT2D eigenvalue weighted by Crippen LogP contribution is 2.41. The lowest BCUT2D eigenvalue weighted by Gasteiger charge is -2.25. The van der Waals surface area contributed by atoms with E-state index in [2.05, 4.69) is 9.98 Å². The second-order valence-electron chi connectivity index (χ2n) is 6.09. The van der Waals surface area contributed by atoms with Crippen LogP contribution in [0, 0.1) is 11.8 Å². The second-order valence-corrected chi connectivity index (χ2v) is 6.87. The molecule has 3 aromatic rings. The number of thiophene rings is 1. The number of benzene rings is 1. The molecule has 3 heterocycles. The first-order chi connectivity index (χ1) is 12.9. The van der Waals surface area contributed by atoms with E-state index in [1.54, 1.807) is 11.4 Å². The molecule has 8 heteroatoms. The van der Waals surface area contributed by atoms with Gasteiger partial charge in [0.2, 0.25) is 5.95 Å². The monoisotopic (exact) mass is 384 g/mol. The Bertz CT molecular complexity index is 1070. The van der Waals surface area contributed by atoms with Crippen molar-refractivity contribution in [1.29, 1.82) is 0 Å². The van der Waals surface area contributed by atoms with Crippen molar-refractivity contribution in [2.24, 2.45) is 10.7 Å². The first-order valence-corrected chi connectivity index (χ1v) is 8.96. The van der Waals surface area contributed by atoms with Crippen molar-refractivity contribution in [3.8, 4) is 11.1 Å². The standard InChI is InChI=1S/C19H14F2N4OS/c1-25-17(26)19(24-18(25)22,12-6-8-27-10-12)11-4-5-15(20)14(9-11)13-3-2-7-23-16(13)21/h2-10H,1H3,(H2,22,24). The lowest BCUT2D eigenvalue weighted by atomic mass is 9.83. The maximum absolute atomic E-state index is 14.5. The van der Waals surface area contributed by atoms with E-state index in [-0.39, 0.29) is 23.0 Å².